The molecule has 0 aliphatic carbocycles. The molecular formula is C21H26N6O. The molecule has 1 saturated heterocycles. The van der Waals surface area contributed by atoms with Crippen LogP contribution in [0.5, 0.6) is 0 Å². The first kappa shape index (κ1) is 18.4. The van der Waals surface area contributed by atoms with Crippen molar-refractivity contribution in [3.05, 3.63) is 47.7 Å². The molecule has 28 heavy (non-hydrogen) atoms. The molecule has 1 N–H and O–H groups in total. The minimum atomic E-state index is -0.0944. The van der Waals surface area contributed by atoms with E-state index in [1.54, 1.807) is 4.68 Å². The molecule has 4 rings (SSSR count). The Hall–Kier alpha value is -2.93. The second kappa shape index (κ2) is 7.24. The van der Waals surface area contributed by atoms with E-state index in [1.165, 1.54) is 0 Å². The number of urea groups is 1. The van der Waals surface area contributed by atoms with Gasteiger partial charge in [-0.1, -0.05) is 18.2 Å². The first-order valence-electron chi connectivity index (χ1n) is 9.58. The van der Waals surface area contributed by atoms with Gasteiger partial charge in [-0.15, -0.1) is 0 Å². The van der Waals surface area contributed by atoms with Gasteiger partial charge in [0, 0.05) is 30.6 Å². The van der Waals surface area contributed by atoms with Gasteiger partial charge in [0.25, 0.3) is 0 Å². The standard InChI is InChI=1S/C21H26N6O/c1-14-11-19(22-18-8-6-5-7-17(14)18)27-20(12-15(2)24-27)23-21(28)26-10-9-16(13-26)25(3)4/h5-8,11-12,16H,9-10,13H2,1-4H3,(H,23,28)/t16-/m0/s1. The molecule has 1 atom stereocenters. The number of pyridine rings is 1. The Morgan fingerprint density at radius 3 is 2.75 bits per heavy atom. The lowest BCUT2D eigenvalue weighted by atomic mass is 10.1. The molecule has 2 amide bonds. The Bertz CT molecular complexity index is 1020. The minimum Gasteiger partial charge on any atom is -0.323 e. The Kier molecular flexibility index (Phi) is 4.77. The Labute approximate surface area is 165 Å². The molecule has 0 spiro atoms. The highest BCUT2D eigenvalue weighted by atomic mass is 16.2. The predicted octanol–water partition coefficient (Wildman–Crippen LogP) is 3.21. The van der Waals surface area contributed by atoms with Gasteiger partial charge in [-0.25, -0.2) is 9.78 Å². The van der Waals surface area contributed by atoms with Crippen molar-refractivity contribution in [2.45, 2.75) is 26.3 Å². The summed E-state index contributed by atoms with van der Waals surface area (Å²) in [5.41, 5.74) is 2.87. The number of carbonyl (C=O) groups excluding carboxylic acids is 1. The van der Waals surface area contributed by atoms with Gasteiger partial charge in [-0.2, -0.15) is 9.78 Å². The molecule has 1 fully saturated rings. The van der Waals surface area contributed by atoms with Gasteiger partial charge >= 0.3 is 6.03 Å². The first-order chi connectivity index (χ1) is 13.4. The molecule has 3 heterocycles. The Balaban J connectivity index is 1.62. The maximum absolute atomic E-state index is 12.8. The number of hydrogen-bond acceptors (Lipinski definition) is 4. The topological polar surface area (TPSA) is 66.3 Å². The molecule has 0 unspecified atom stereocenters. The summed E-state index contributed by atoms with van der Waals surface area (Å²) in [7, 11) is 4.11. The molecule has 1 aromatic carbocycles. The number of amides is 2. The van der Waals surface area contributed by atoms with Crippen molar-refractivity contribution in [2.24, 2.45) is 0 Å². The average molecular weight is 378 g/mol. The first-order valence-corrected chi connectivity index (χ1v) is 9.58. The summed E-state index contributed by atoms with van der Waals surface area (Å²) >= 11 is 0. The van der Waals surface area contributed by atoms with Crippen LogP contribution in [0.1, 0.15) is 17.7 Å². The van der Waals surface area contributed by atoms with Crippen molar-refractivity contribution >= 4 is 22.8 Å². The van der Waals surface area contributed by atoms with Crippen molar-refractivity contribution in [3.8, 4) is 5.82 Å². The van der Waals surface area contributed by atoms with Crippen molar-refractivity contribution in [3.63, 3.8) is 0 Å². The fourth-order valence-corrected chi connectivity index (χ4v) is 3.74. The lowest BCUT2D eigenvalue weighted by Gasteiger charge is -2.21. The number of benzene rings is 1. The van der Waals surface area contributed by atoms with E-state index in [1.807, 2.05) is 42.2 Å². The number of rotatable bonds is 3. The predicted molar refractivity (Wildman–Crippen MR) is 111 cm³/mol. The number of hydrogen-bond donors (Lipinski definition) is 1. The fourth-order valence-electron chi connectivity index (χ4n) is 3.74. The highest BCUT2D eigenvalue weighted by molar-refractivity contribution is 5.89. The monoisotopic (exact) mass is 378 g/mol. The average Bonchev–Trinajstić information content (AvgIpc) is 3.29. The van der Waals surface area contributed by atoms with E-state index >= 15 is 0 Å². The van der Waals surface area contributed by atoms with E-state index in [0.29, 0.717) is 17.7 Å². The van der Waals surface area contributed by atoms with E-state index < -0.39 is 0 Å². The Morgan fingerprint density at radius 2 is 2.00 bits per heavy atom. The highest BCUT2D eigenvalue weighted by Crippen LogP contribution is 2.23. The summed E-state index contributed by atoms with van der Waals surface area (Å²) in [6, 6.07) is 12.2. The summed E-state index contributed by atoms with van der Waals surface area (Å²) in [5, 5.41) is 8.71. The van der Waals surface area contributed by atoms with Crippen LogP contribution in [0.2, 0.25) is 0 Å². The second-order valence-electron chi connectivity index (χ2n) is 7.68. The summed E-state index contributed by atoms with van der Waals surface area (Å²) in [4.78, 5) is 21.6. The summed E-state index contributed by atoms with van der Waals surface area (Å²) < 4.78 is 1.71. The number of fused-ring (bicyclic) bond motifs is 1. The summed E-state index contributed by atoms with van der Waals surface area (Å²) in [6.45, 7) is 5.47. The zero-order valence-corrected chi connectivity index (χ0v) is 16.8. The second-order valence-corrected chi connectivity index (χ2v) is 7.68. The molecule has 2 aromatic heterocycles. The van der Waals surface area contributed by atoms with Gasteiger partial charge in [0.05, 0.1) is 11.2 Å². The molecule has 1 aliphatic heterocycles. The van der Waals surface area contributed by atoms with E-state index in [-0.39, 0.29) is 6.03 Å². The summed E-state index contributed by atoms with van der Waals surface area (Å²) in [6.07, 6.45) is 0.990. The molecule has 0 radical (unpaired) electrons. The van der Waals surface area contributed by atoms with Crippen LogP contribution in [0, 0.1) is 13.8 Å². The largest absolute Gasteiger partial charge is 0.323 e. The number of nitrogens with one attached hydrogen (secondary N) is 1. The fraction of sp³-hybridized carbons (Fsp3) is 0.381. The quantitative estimate of drug-likeness (QED) is 0.760. The molecule has 7 nitrogen and oxygen atoms in total. The molecular weight excluding hydrogens is 352 g/mol. The maximum atomic E-state index is 12.8. The molecule has 1 aliphatic rings. The third-order valence-electron chi connectivity index (χ3n) is 5.37. The van der Waals surface area contributed by atoms with Gasteiger partial charge in [0.15, 0.2) is 5.82 Å². The summed E-state index contributed by atoms with van der Waals surface area (Å²) in [5.74, 6) is 1.34. The van der Waals surface area contributed by atoms with Gasteiger partial charge in [0.1, 0.15) is 5.82 Å². The van der Waals surface area contributed by atoms with E-state index in [0.717, 1.165) is 41.7 Å². The van der Waals surface area contributed by atoms with Gasteiger partial charge in [-0.3, -0.25) is 5.32 Å². The number of aryl methyl sites for hydroxylation is 2. The number of nitrogens with zero attached hydrogens (tertiary/aromatic N) is 5. The Morgan fingerprint density at radius 1 is 1.21 bits per heavy atom. The van der Waals surface area contributed by atoms with Crippen molar-refractivity contribution in [1.82, 2.24) is 24.6 Å². The number of likely N-dealkylation sites (N-methyl/N-ethyl adjacent to an activating group) is 1. The van der Waals surface area contributed by atoms with Crippen LogP contribution in [0.25, 0.3) is 16.7 Å². The van der Waals surface area contributed by atoms with Gasteiger partial charge in [0.2, 0.25) is 0 Å². The SMILES string of the molecule is Cc1cc(NC(=O)N2CC[C@H](N(C)C)C2)n(-c2cc(C)c3ccccc3n2)n1. The number of aromatic nitrogens is 3. The smallest absolute Gasteiger partial charge is 0.323 e. The van der Waals surface area contributed by atoms with Crippen LogP contribution >= 0.6 is 0 Å². The number of para-hydroxylation sites is 1. The molecule has 0 saturated carbocycles. The normalized spacial score (nSPS) is 16.9. The van der Waals surface area contributed by atoms with Crippen molar-refractivity contribution in [2.75, 3.05) is 32.5 Å². The zero-order chi connectivity index (χ0) is 19.8. The van der Waals surface area contributed by atoms with Crippen molar-refractivity contribution < 1.29 is 4.79 Å². The van der Waals surface area contributed by atoms with Crippen LogP contribution in [0.3, 0.4) is 0 Å². The molecule has 7 heteroatoms. The zero-order valence-electron chi connectivity index (χ0n) is 16.8. The van der Waals surface area contributed by atoms with Crippen LogP contribution in [0.15, 0.2) is 36.4 Å². The number of carbonyl (C=O) groups is 1. The third kappa shape index (κ3) is 3.45. The van der Waals surface area contributed by atoms with E-state index in [2.05, 4.69) is 42.4 Å². The van der Waals surface area contributed by atoms with Crippen LogP contribution in [-0.2, 0) is 0 Å². The minimum absolute atomic E-state index is 0.0944. The van der Waals surface area contributed by atoms with Crippen LogP contribution in [-0.4, -0.2) is 63.8 Å². The van der Waals surface area contributed by atoms with Crippen molar-refractivity contribution in [1.29, 1.82) is 0 Å². The highest BCUT2D eigenvalue weighted by Gasteiger charge is 2.28. The lowest BCUT2D eigenvalue weighted by Crippen LogP contribution is -2.37. The van der Waals surface area contributed by atoms with Gasteiger partial charge < -0.3 is 9.80 Å². The number of anilines is 1. The lowest BCUT2D eigenvalue weighted by molar-refractivity contribution is 0.216. The third-order valence-corrected chi connectivity index (χ3v) is 5.37. The molecule has 3 aromatic rings. The maximum Gasteiger partial charge on any atom is 0.323 e. The van der Waals surface area contributed by atoms with E-state index in [4.69, 9.17) is 4.98 Å². The van der Waals surface area contributed by atoms with Crippen LogP contribution < -0.4 is 5.32 Å². The van der Waals surface area contributed by atoms with Gasteiger partial charge in [-0.05, 0) is 52.1 Å². The van der Waals surface area contributed by atoms with Crippen LogP contribution in [0.4, 0.5) is 10.6 Å². The molecule has 0 bridgehead atoms. The number of likely N-dealkylation sites (tertiary alicyclic amines) is 1. The van der Waals surface area contributed by atoms with E-state index in [9.17, 15) is 4.79 Å². The molecule has 146 valence electrons.